The summed E-state index contributed by atoms with van der Waals surface area (Å²) in [6.07, 6.45) is 8.90. The van der Waals surface area contributed by atoms with Crippen molar-refractivity contribution in [3.63, 3.8) is 0 Å². The molecule has 4 N–H and O–H groups in total. The highest BCUT2D eigenvalue weighted by atomic mass is 32.1. The molecule has 1 fully saturated rings. The van der Waals surface area contributed by atoms with E-state index in [0.717, 1.165) is 21.6 Å². The van der Waals surface area contributed by atoms with Crippen molar-refractivity contribution in [1.29, 1.82) is 0 Å². The van der Waals surface area contributed by atoms with E-state index in [9.17, 15) is 13.6 Å². The number of thiazole rings is 1. The molecule has 1 amide bonds. The Balaban J connectivity index is 1.33. The molecule has 0 bridgehead atoms. The number of aromatic nitrogens is 1. The van der Waals surface area contributed by atoms with Crippen LogP contribution in [0.25, 0.3) is 5.57 Å². The molecule has 4 rings (SSSR count). The Labute approximate surface area is 165 Å². The van der Waals surface area contributed by atoms with Gasteiger partial charge in [0.1, 0.15) is 0 Å². The number of nitrogens with one attached hydrogen (secondary N) is 2. The number of benzene rings is 1. The standard InChI is InChI=1S/C20H20F2N4OS/c21-15-3-1-11(6-16(15)22)5-14(23)9-24-20-25-10-18(28-20)12-2-4-17-13(7-12)8-19(27)26-17/h1-4,6-7,10,13-14,17H,5,8-9,23H2,(H,24,25)(H,26,27)/t13?,14-,17?/m0/s1. The summed E-state index contributed by atoms with van der Waals surface area (Å²) in [5, 5.41) is 6.88. The Bertz CT molecular complexity index is 955. The molecule has 8 heteroatoms. The summed E-state index contributed by atoms with van der Waals surface area (Å²) in [5.41, 5.74) is 7.82. The lowest BCUT2D eigenvalue weighted by molar-refractivity contribution is -0.119. The Morgan fingerprint density at radius 1 is 1.36 bits per heavy atom. The maximum atomic E-state index is 13.3. The van der Waals surface area contributed by atoms with Crippen LogP contribution in [-0.4, -0.2) is 29.5 Å². The van der Waals surface area contributed by atoms with Gasteiger partial charge in [0.25, 0.3) is 0 Å². The van der Waals surface area contributed by atoms with E-state index >= 15 is 0 Å². The second-order valence-corrected chi connectivity index (χ2v) is 8.10. The summed E-state index contributed by atoms with van der Waals surface area (Å²) >= 11 is 1.51. The molecule has 2 aliphatic rings. The van der Waals surface area contributed by atoms with Crippen LogP contribution < -0.4 is 16.4 Å². The van der Waals surface area contributed by atoms with Gasteiger partial charge >= 0.3 is 0 Å². The zero-order valence-corrected chi connectivity index (χ0v) is 15.8. The highest BCUT2D eigenvalue weighted by molar-refractivity contribution is 7.16. The number of anilines is 1. The highest BCUT2D eigenvalue weighted by Gasteiger charge is 2.31. The third kappa shape index (κ3) is 4.13. The molecule has 2 unspecified atom stereocenters. The summed E-state index contributed by atoms with van der Waals surface area (Å²) in [5.74, 6) is -1.45. The lowest BCUT2D eigenvalue weighted by Gasteiger charge is -2.17. The van der Waals surface area contributed by atoms with Gasteiger partial charge in [-0.05, 0) is 29.7 Å². The number of allylic oxidation sites excluding steroid dienone is 2. The number of amides is 1. The molecule has 1 aliphatic carbocycles. The lowest BCUT2D eigenvalue weighted by atomic mass is 9.92. The van der Waals surface area contributed by atoms with Crippen molar-refractivity contribution in [3.8, 4) is 0 Å². The minimum absolute atomic E-state index is 0.0823. The van der Waals surface area contributed by atoms with Crippen molar-refractivity contribution in [3.05, 3.63) is 64.7 Å². The van der Waals surface area contributed by atoms with Crippen LogP contribution >= 0.6 is 11.3 Å². The average molecular weight is 402 g/mol. The second kappa shape index (κ2) is 7.81. The van der Waals surface area contributed by atoms with E-state index < -0.39 is 11.6 Å². The molecule has 2 heterocycles. The Morgan fingerprint density at radius 2 is 2.21 bits per heavy atom. The van der Waals surface area contributed by atoms with Crippen LogP contribution in [0.4, 0.5) is 13.9 Å². The third-order valence-electron chi connectivity index (χ3n) is 4.87. The number of carbonyl (C=O) groups excluding carboxylic acids is 1. The molecule has 146 valence electrons. The normalized spacial score (nSPS) is 21.8. The van der Waals surface area contributed by atoms with E-state index in [1.807, 2.05) is 12.2 Å². The van der Waals surface area contributed by atoms with Crippen molar-refractivity contribution in [2.24, 2.45) is 11.7 Å². The van der Waals surface area contributed by atoms with Gasteiger partial charge in [0.2, 0.25) is 5.91 Å². The molecular weight excluding hydrogens is 382 g/mol. The van der Waals surface area contributed by atoms with Crippen LogP contribution in [0, 0.1) is 17.6 Å². The fraction of sp³-hybridized carbons (Fsp3) is 0.300. The number of nitrogens with zero attached hydrogens (tertiary/aromatic N) is 1. The fourth-order valence-corrected chi connectivity index (χ4v) is 4.28. The molecule has 3 atom stereocenters. The van der Waals surface area contributed by atoms with Gasteiger partial charge in [0, 0.05) is 31.1 Å². The minimum Gasteiger partial charge on any atom is -0.360 e. The van der Waals surface area contributed by atoms with Crippen molar-refractivity contribution >= 4 is 27.9 Å². The molecule has 1 aromatic heterocycles. The second-order valence-electron chi connectivity index (χ2n) is 7.07. The summed E-state index contributed by atoms with van der Waals surface area (Å²) < 4.78 is 26.3. The van der Waals surface area contributed by atoms with E-state index in [1.54, 1.807) is 6.20 Å². The summed E-state index contributed by atoms with van der Waals surface area (Å²) in [6.45, 7) is 0.462. The molecule has 1 aliphatic heterocycles. The summed E-state index contributed by atoms with van der Waals surface area (Å²) in [6, 6.07) is 3.66. The van der Waals surface area contributed by atoms with Crippen molar-refractivity contribution < 1.29 is 13.6 Å². The quantitative estimate of drug-likeness (QED) is 0.694. The first-order valence-corrected chi connectivity index (χ1v) is 9.88. The topological polar surface area (TPSA) is 80.0 Å². The highest BCUT2D eigenvalue weighted by Crippen LogP contribution is 2.33. The van der Waals surface area contributed by atoms with Gasteiger partial charge in [-0.15, -0.1) is 0 Å². The number of nitrogens with two attached hydrogens (primary N) is 1. The molecule has 0 saturated carbocycles. The van der Waals surface area contributed by atoms with Crippen LogP contribution in [0.1, 0.15) is 16.9 Å². The first-order chi connectivity index (χ1) is 13.5. The van der Waals surface area contributed by atoms with E-state index in [-0.39, 0.29) is 23.9 Å². The van der Waals surface area contributed by atoms with E-state index in [2.05, 4.69) is 21.7 Å². The molecule has 1 saturated heterocycles. The number of hydrogen-bond donors (Lipinski definition) is 3. The van der Waals surface area contributed by atoms with Crippen LogP contribution in [0.2, 0.25) is 0 Å². The predicted molar refractivity (Wildman–Crippen MR) is 106 cm³/mol. The van der Waals surface area contributed by atoms with Crippen LogP contribution in [0.5, 0.6) is 0 Å². The largest absolute Gasteiger partial charge is 0.360 e. The van der Waals surface area contributed by atoms with E-state index in [4.69, 9.17) is 5.73 Å². The van der Waals surface area contributed by atoms with Gasteiger partial charge in [0.05, 0.1) is 10.9 Å². The maximum Gasteiger partial charge on any atom is 0.221 e. The monoisotopic (exact) mass is 402 g/mol. The number of carbonyl (C=O) groups is 1. The van der Waals surface area contributed by atoms with Gasteiger partial charge in [-0.2, -0.15) is 0 Å². The Kier molecular flexibility index (Phi) is 5.23. The Morgan fingerprint density at radius 3 is 3.04 bits per heavy atom. The van der Waals surface area contributed by atoms with Gasteiger partial charge < -0.3 is 16.4 Å². The van der Waals surface area contributed by atoms with Crippen molar-refractivity contribution in [2.45, 2.75) is 24.9 Å². The lowest BCUT2D eigenvalue weighted by Crippen LogP contribution is -2.31. The summed E-state index contributed by atoms with van der Waals surface area (Å²) in [7, 11) is 0. The molecule has 2 aromatic rings. The smallest absolute Gasteiger partial charge is 0.221 e. The molecule has 0 spiro atoms. The molecule has 5 nitrogen and oxygen atoms in total. The molecular formula is C20H20F2N4OS. The van der Waals surface area contributed by atoms with E-state index in [0.29, 0.717) is 24.9 Å². The third-order valence-corrected chi connectivity index (χ3v) is 5.88. The molecule has 1 aromatic carbocycles. The molecule has 0 radical (unpaired) electrons. The van der Waals surface area contributed by atoms with Gasteiger partial charge in [-0.25, -0.2) is 13.8 Å². The van der Waals surface area contributed by atoms with Crippen molar-refractivity contribution in [2.75, 3.05) is 11.9 Å². The number of hydrogen-bond acceptors (Lipinski definition) is 5. The van der Waals surface area contributed by atoms with Crippen LogP contribution in [0.15, 0.2) is 42.6 Å². The maximum absolute atomic E-state index is 13.3. The number of rotatable bonds is 6. The predicted octanol–water partition coefficient (Wildman–Crippen LogP) is 2.86. The van der Waals surface area contributed by atoms with Crippen molar-refractivity contribution in [1.82, 2.24) is 10.3 Å². The SMILES string of the molecule is N[C@H](CNc1ncc(C2=CC3CC(=O)NC3C=C2)s1)Cc1ccc(F)c(F)c1. The Hall–Kier alpha value is -2.58. The minimum atomic E-state index is -0.863. The first-order valence-electron chi connectivity index (χ1n) is 9.07. The van der Waals surface area contributed by atoms with Crippen LogP contribution in [0.3, 0.4) is 0 Å². The van der Waals surface area contributed by atoms with Gasteiger partial charge in [0.15, 0.2) is 16.8 Å². The number of fused-ring (bicyclic) bond motifs is 1. The van der Waals surface area contributed by atoms with E-state index in [1.165, 1.54) is 23.5 Å². The first kappa shape index (κ1) is 18.8. The zero-order valence-electron chi connectivity index (χ0n) is 15.0. The van der Waals surface area contributed by atoms with Gasteiger partial charge in [-0.3, -0.25) is 4.79 Å². The molecule has 28 heavy (non-hydrogen) atoms. The number of halogens is 2. The average Bonchev–Trinajstić information content (AvgIpc) is 3.28. The summed E-state index contributed by atoms with van der Waals surface area (Å²) in [4.78, 5) is 16.9. The van der Waals surface area contributed by atoms with Gasteiger partial charge in [-0.1, -0.05) is 35.6 Å². The fourth-order valence-electron chi connectivity index (χ4n) is 3.45. The van der Waals surface area contributed by atoms with Crippen LogP contribution in [-0.2, 0) is 11.2 Å². The zero-order chi connectivity index (χ0) is 19.7.